The van der Waals surface area contributed by atoms with Crippen LogP contribution < -0.4 is 10.6 Å². The van der Waals surface area contributed by atoms with Crippen LogP contribution in [-0.4, -0.2) is 18.2 Å². The standard InChI is InChI=1S/C18H18ClN3OS/c1-13(14-5-4-6-15(19)11-14)21-12-18(23)22-16-7-2-3-8-17(16)24-10-9-20/h2-8,11,13,21H,10,12H2,1H3,(H,22,23)/p+1/t13-/m0/s1. The maximum absolute atomic E-state index is 12.2. The maximum atomic E-state index is 12.2. The largest absolute Gasteiger partial charge is 0.333 e. The minimum atomic E-state index is -0.0751. The molecule has 24 heavy (non-hydrogen) atoms. The highest BCUT2D eigenvalue weighted by Crippen LogP contribution is 2.26. The van der Waals surface area contributed by atoms with E-state index >= 15 is 0 Å². The van der Waals surface area contributed by atoms with Gasteiger partial charge in [-0.25, -0.2) is 0 Å². The van der Waals surface area contributed by atoms with Crippen LogP contribution in [0.25, 0.3) is 0 Å². The lowest BCUT2D eigenvalue weighted by Crippen LogP contribution is -2.86. The molecule has 0 radical (unpaired) electrons. The summed E-state index contributed by atoms with van der Waals surface area (Å²) < 4.78 is 0. The van der Waals surface area contributed by atoms with E-state index in [1.807, 2.05) is 60.8 Å². The van der Waals surface area contributed by atoms with Gasteiger partial charge in [0.25, 0.3) is 5.91 Å². The molecule has 0 aliphatic carbocycles. The number of hydrogen-bond acceptors (Lipinski definition) is 3. The molecular formula is C18H19ClN3OS+. The lowest BCUT2D eigenvalue weighted by atomic mass is 10.1. The van der Waals surface area contributed by atoms with E-state index in [4.69, 9.17) is 16.9 Å². The van der Waals surface area contributed by atoms with Crippen molar-refractivity contribution in [2.24, 2.45) is 0 Å². The molecule has 0 unspecified atom stereocenters. The number of nitrogens with two attached hydrogens (primary N) is 1. The van der Waals surface area contributed by atoms with Gasteiger partial charge in [-0.1, -0.05) is 35.9 Å². The van der Waals surface area contributed by atoms with Gasteiger partial charge in [-0.05, 0) is 31.2 Å². The molecule has 0 spiro atoms. The first-order chi connectivity index (χ1) is 11.6. The number of amides is 1. The van der Waals surface area contributed by atoms with Crippen molar-refractivity contribution < 1.29 is 10.1 Å². The summed E-state index contributed by atoms with van der Waals surface area (Å²) in [6, 6.07) is 17.4. The average molecular weight is 361 g/mol. The van der Waals surface area contributed by atoms with Crippen LogP contribution in [0.5, 0.6) is 0 Å². The number of nitrogens with one attached hydrogen (secondary N) is 1. The van der Waals surface area contributed by atoms with E-state index in [1.165, 1.54) is 11.8 Å². The second-order valence-corrected chi connectivity index (χ2v) is 6.73. The molecule has 1 atom stereocenters. The Morgan fingerprint density at radius 1 is 1.33 bits per heavy atom. The van der Waals surface area contributed by atoms with E-state index in [2.05, 4.69) is 11.4 Å². The third-order valence-electron chi connectivity index (χ3n) is 3.48. The molecule has 0 aromatic heterocycles. The molecule has 0 saturated heterocycles. The fourth-order valence-electron chi connectivity index (χ4n) is 2.22. The van der Waals surface area contributed by atoms with E-state index in [0.717, 1.165) is 16.1 Å². The van der Waals surface area contributed by atoms with Crippen LogP contribution in [0.15, 0.2) is 53.4 Å². The van der Waals surface area contributed by atoms with Gasteiger partial charge < -0.3 is 10.6 Å². The fraction of sp³-hybridized carbons (Fsp3) is 0.222. The molecule has 2 aromatic carbocycles. The van der Waals surface area contributed by atoms with Crippen LogP contribution >= 0.6 is 23.4 Å². The summed E-state index contributed by atoms with van der Waals surface area (Å²) in [5.74, 6) is 0.277. The second-order valence-electron chi connectivity index (χ2n) is 5.27. The minimum absolute atomic E-state index is 0.0751. The zero-order chi connectivity index (χ0) is 17.4. The molecule has 0 saturated carbocycles. The Morgan fingerprint density at radius 3 is 2.88 bits per heavy atom. The smallest absolute Gasteiger partial charge is 0.279 e. The quantitative estimate of drug-likeness (QED) is 0.745. The SMILES string of the molecule is C[C@H]([NH2+]CC(=O)Nc1ccccc1SCC#N)c1cccc(Cl)c1. The normalized spacial score (nSPS) is 11.5. The average Bonchev–Trinajstić information content (AvgIpc) is 2.59. The molecule has 0 fully saturated rings. The number of para-hydroxylation sites is 1. The third kappa shape index (κ3) is 5.57. The zero-order valence-corrected chi connectivity index (χ0v) is 14.9. The van der Waals surface area contributed by atoms with Gasteiger partial charge in [-0.15, -0.1) is 11.8 Å². The van der Waals surface area contributed by atoms with E-state index in [-0.39, 0.29) is 11.9 Å². The Hall–Kier alpha value is -2.00. The van der Waals surface area contributed by atoms with Gasteiger partial charge in [0, 0.05) is 15.5 Å². The molecule has 2 rings (SSSR count). The topological polar surface area (TPSA) is 69.5 Å². The predicted molar refractivity (Wildman–Crippen MR) is 98.1 cm³/mol. The van der Waals surface area contributed by atoms with Crippen molar-refractivity contribution in [3.05, 3.63) is 59.1 Å². The number of anilines is 1. The Kier molecular flexibility index (Phi) is 7.13. The first-order valence-electron chi connectivity index (χ1n) is 7.57. The van der Waals surface area contributed by atoms with Crippen LogP contribution in [0, 0.1) is 11.3 Å². The highest BCUT2D eigenvalue weighted by atomic mass is 35.5. The van der Waals surface area contributed by atoms with E-state index in [0.29, 0.717) is 17.3 Å². The number of nitrogens with zero attached hydrogens (tertiary/aromatic N) is 1. The van der Waals surface area contributed by atoms with Gasteiger partial charge in [-0.2, -0.15) is 5.26 Å². The number of hydrogen-bond donors (Lipinski definition) is 2. The maximum Gasteiger partial charge on any atom is 0.279 e. The number of rotatable bonds is 7. The van der Waals surface area contributed by atoms with Crippen LogP contribution in [0.3, 0.4) is 0 Å². The lowest BCUT2D eigenvalue weighted by Gasteiger charge is -2.12. The molecule has 1 amide bonds. The number of nitriles is 1. The van der Waals surface area contributed by atoms with Crippen molar-refractivity contribution in [3.63, 3.8) is 0 Å². The highest BCUT2D eigenvalue weighted by molar-refractivity contribution is 7.99. The van der Waals surface area contributed by atoms with Crippen LogP contribution in [0.1, 0.15) is 18.5 Å². The summed E-state index contributed by atoms with van der Waals surface area (Å²) in [4.78, 5) is 13.1. The van der Waals surface area contributed by atoms with Crippen LogP contribution in [0.4, 0.5) is 5.69 Å². The van der Waals surface area contributed by atoms with Crippen molar-refractivity contribution >= 4 is 35.0 Å². The Bertz CT molecular complexity index is 745. The minimum Gasteiger partial charge on any atom is -0.333 e. The summed E-state index contributed by atoms with van der Waals surface area (Å²) in [5.41, 5.74) is 1.83. The Labute approximate surface area is 151 Å². The van der Waals surface area contributed by atoms with E-state index in [1.54, 1.807) is 0 Å². The molecule has 0 heterocycles. The number of halogens is 1. The molecule has 2 aromatic rings. The number of carbonyl (C=O) groups is 1. The van der Waals surface area contributed by atoms with Gasteiger partial charge in [0.1, 0.15) is 6.04 Å². The molecule has 124 valence electrons. The molecule has 0 aliphatic heterocycles. The first-order valence-corrected chi connectivity index (χ1v) is 8.94. The van der Waals surface area contributed by atoms with Gasteiger partial charge in [0.05, 0.1) is 17.5 Å². The van der Waals surface area contributed by atoms with Gasteiger partial charge in [0.2, 0.25) is 0 Å². The molecule has 3 N–H and O–H groups in total. The summed E-state index contributed by atoms with van der Waals surface area (Å²) in [6.45, 7) is 2.35. The van der Waals surface area contributed by atoms with Gasteiger partial charge in [-0.3, -0.25) is 4.79 Å². The van der Waals surface area contributed by atoms with Gasteiger partial charge in [0.15, 0.2) is 6.54 Å². The Balaban J connectivity index is 1.91. The first kappa shape index (κ1) is 18.3. The predicted octanol–water partition coefficient (Wildman–Crippen LogP) is 3.22. The van der Waals surface area contributed by atoms with Crippen molar-refractivity contribution in [1.29, 1.82) is 5.26 Å². The van der Waals surface area contributed by atoms with Crippen molar-refractivity contribution in [3.8, 4) is 6.07 Å². The lowest BCUT2D eigenvalue weighted by molar-refractivity contribution is -0.682. The van der Waals surface area contributed by atoms with Crippen LogP contribution in [0.2, 0.25) is 5.02 Å². The van der Waals surface area contributed by atoms with Crippen molar-refractivity contribution in [2.45, 2.75) is 17.9 Å². The fourth-order valence-corrected chi connectivity index (χ4v) is 3.08. The second kappa shape index (κ2) is 9.33. The van der Waals surface area contributed by atoms with Crippen molar-refractivity contribution in [2.75, 3.05) is 17.6 Å². The summed E-state index contributed by atoms with van der Waals surface area (Å²) in [5, 5.41) is 14.3. The van der Waals surface area contributed by atoms with Gasteiger partial charge >= 0.3 is 0 Å². The molecule has 4 nitrogen and oxygen atoms in total. The number of benzene rings is 2. The highest BCUT2D eigenvalue weighted by Gasteiger charge is 2.13. The van der Waals surface area contributed by atoms with E-state index in [9.17, 15) is 4.79 Å². The molecule has 6 heteroatoms. The number of quaternary nitrogens is 1. The third-order valence-corrected chi connectivity index (χ3v) is 4.66. The zero-order valence-electron chi connectivity index (χ0n) is 13.3. The van der Waals surface area contributed by atoms with Crippen molar-refractivity contribution in [1.82, 2.24) is 0 Å². The number of carbonyl (C=O) groups excluding carboxylic acids is 1. The summed E-state index contributed by atoms with van der Waals surface area (Å²) in [6.07, 6.45) is 0. The Morgan fingerprint density at radius 2 is 2.12 bits per heavy atom. The molecule has 0 aliphatic rings. The molecular weight excluding hydrogens is 342 g/mol. The monoisotopic (exact) mass is 360 g/mol. The van der Waals surface area contributed by atoms with Crippen LogP contribution in [-0.2, 0) is 4.79 Å². The summed E-state index contributed by atoms with van der Waals surface area (Å²) in [7, 11) is 0. The van der Waals surface area contributed by atoms with E-state index < -0.39 is 0 Å². The number of thioether (sulfide) groups is 1. The molecule has 0 bridgehead atoms. The summed E-state index contributed by atoms with van der Waals surface area (Å²) >= 11 is 7.41.